The molecule has 1 saturated heterocycles. The van der Waals surface area contributed by atoms with Crippen LogP contribution in [0, 0.1) is 5.92 Å². The molecule has 5 heteroatoms. The number of hydrogen-bond acceptors (Lipinski definition) is 2. The van der Waals surface area contributed by atoms with Gasteiger partial charge in [-0.2, -0.15) is 0 Å². The lowest BCUT2D eigenvalue weighted by atomic mass is 9.96. The van der Waals surface area contributed by atoms with Gasteiger partial charge in [0.25, 0.3) is 0 Å². The fourth-order valence-corrected chi connectivity index (χ4v) is 3.73. The molecule has 1 aromatic heterocycles. The minimum atomic E-state index is -0.0584. The largest absolute Gasteiger partial charge is 0.356 e. The van der Waals surface area contributed by atoms with Crippen LogP contribution in [-0.2, 0) is 16.1 Å². The van der Waals surface area contributed by atoms with Crippen molar-refractivity contribution in [1.29, 1.82) is 0 Å². The van der Waals surface area contributed by atoms with Crippen LogP contribution in [0.4, 0.5) is 0 Å². The molecule has 1 aliphatic heterocycles. The van der Waals surface area contributed by atoms with Crippen molar-refractivity contribution in [1.82, 2.24) is 14.8 Å². The zero-order chi connectivity index (χ0) is 18.4. The van der Waals surface area contributed by atoms with E-state index in [1.807, 2.05) is 17.9 Å². The molecule has 0 saturated carbocycles. The zero-order valence-corrected chi connectivity index (χ0v) is 15.6. The van der Waals surface area contributed by atoms with Gasteiger partial charge in [-0.1, -0.05) is 25.1 Å². The molecule has 1 aromatic carbocycles. The van der Waals surface area contributed by atoms with Crippen LogP contribution in [0.25, 0.3) is 10.9 Å². The van der Waals surface area contributed by atoms with Gasteiger partial charge in [0.05, 0.1) is 5.92 Å². The molecule has 0 bridgehead atoms. The summed E-state index contributed by atoms with van der Waals surface area (Å²) in [5.74, 6) is 0.220. The highest BCUT2D eigenvalue weighted by molar-refractivity contribution is 5.81. The van der Waals surface area contributed by atoms with E-state index < -0.39 is 0 Å². The number of carbonyl (C=O) groups is 2. The molecule has 0 spiro atoms. The van der Waals surface area contributed by atoms with Gasteiger partial charge >= 0.3 is 0 Å². The number of carbonyl (C=O) groups excluding carboxylic acids is 2. The summed E-state index contributed by atoms with van der Waals surface area (Å²) in [5, 5.41) is 4.31. The summed E-state index contributed by atoms with van der Waals surface area (Å²) in [7, 11) is 0. The van der Waals surface area contributed by atoms with E-state index in [9.17, 15) is 9.59 Å². The Labute approximate surface area is 155 Å². The number of nitrogens with one attached hydrogen (secondary N) is 1. The van der Waals surface area contributed by atoms with Gasteiger partial charge < -0.3 is 14.8 Å². The second-order valence-corrected chi connectivity index (χ2v) is 7.14. The first-order chi connectivity index (χ1) is 12.7. The Hall–Kier alpha value is -2.30. The first kappa shape index (κ1) is 18.5. The van der Waals surface area contributed by atoms with Crippen molar-refractivity contribution in [3.8, 4) is 0 Å². The Morgan fingerprint density at radius 2 is 2.08 bits per heavy atom. The molecule has 1 atom stereocenters. The van der Waals surface area contributed by atoms with Crippen molar-refractivity contribution in [2.75, 3.05) is 19.6 Å². The number of fused-ring (bicyclic) bond motifs is 1. The number of hydrogen-bond donors (Lipinski definition) is 1. The Bertz CT molecular complexity index is 753. The second-order valence-electron chi connectivity index (χ2n) is 7.14. The maximum atomic E-state index is 12.4. The molecule has 5 nitrogen and oxygen atoms in total. The van der Waals surface area contributed by atoms with Gasteiger partial charge in [0, 0.05) is 44.3 Å². The highest BCUT2D eigenvalue weighted by Gasteiger charge is 2.27. The van der Waals surface area contributed by atoms with Gasteiger partial charge in [-0.3, -0.25) is 9.59 Å². The van der Waals surface area contributed by atoms with Gasteiger partial charge in [-0.25, -0.2) is 0 Å². The van der Waals surface area contributed by atoms with Crippen LogP contribution in [0.2, 0.25) is 0 Å². The van der Waals surface area contributed by atoms with Gasteiger partial charge in [0.2, 0.25) is 11.8 Å². The number of piperidine rings is 1. The molecule has 0 radical (unpaired) electrons. The Balaban J connectivity index is 1.43. The molecule has 26 heavy (non-hydrogen) atoms. The summed E-state index contributed by atoms with van der Waals surface area (Å²) < 4.78 is 2.23. The van der Waals surface area contributed by atoms with Crippen molar-refractivity contribution in [3.63, 3.8) is 0 Å². The normalized spacial score (nSPS) is 17.4. The third-order valence-corrected chi connectivity index (χ3v) is 5.16. The van der Waals surface area contributed by atoms with Gasteiger partial charge in [-0.15, -0.1) is 0 Å². The number of aryl methyl sites for hydroxylation is 1. The van der Waals surface area contributed by atoms with Crippen molar-refractivity contribution in [3.05, 3.63) is 36.5 Å². The SMILES string of the molecule is CCCC(=O)N1CCCC(C(=O)NCCCn2ccc3ccccc32)C1. The quantitative estimate of drug-likeness (QED) is 0.776. The molecule has 1 fully saturated rings. The van der Waals surface area contributed by atoms with Gasteiger partial charge in [-0.05, 0) is 43.2 Å². The number of rotatable bonds is 7. The van der Waals surface area contributed by atoms with E-state index in [-0.39, 0.29) is 17.7 Å². The summed E-state index contributed by atoms with van der Waals surface area (Å²) in [5.41, 5.74) is 1.23. The molecule has 1 N–H and O–H groups in total. The summed E-state index contributed by atoms with van der Waals surface area (Å²) in [4.78, 5) is 26.4. The van der Waals surface area contributed by atoms with E-state index >= 15 is 0 Å². The smallest absolute Gasteiger partial charge is 0.224 e. The standard InChI is InChI=1S/C21H29N3O2/c1-2-7-20(25)24-13-5-9-18(16-24)21(26)22-12-6-14-23-15-11-17-8-3-4-10-19(17)23/h3-4,8,10-11,15,18H,2,5-7,9,12-14,16H2,1H3,(H,22,26). The molecular weight excluding hydrogens is 326 g/mol. The highest BCUT2D eigenvalue weighted by atomic mass is 16.2. The second kappa shape index (κ2) is 8.88. The van der Waals surface area contributed by atoms with Crippen LogP contribution in [-0.4, -0.2) is 40.9 Å². The maximum absolute atomic E-state index is 12.4. The van der Waals surface area contributed by atoms with E-state index in [0.717, 1.165) is 38.8 Å². The summed E-state index contributed by atoms with van der Waals surface area (Å²) in [6.45, 7) is 4.94. The first-order valence-electron chi connectivity index (χ1n) is 9.78. The van der Waals surface area contributed by atoms with E-state index in [1.165, 1.54) is 10.9 Å². The Morgan fingerprint density at radius 1 is 1.23 bits per heavy atom. The number of likely N-dealkylation sites (tertiary alicyclic amines) is 1. The topological polar surface area (TPSA) is 54.3 Å². The highest BCUT2D eigenvalue weighted by Crippen LogP contribution is 2.18. The third-order valence-electron chi connectivity index (χ3n) is 5.16. The van der Waals surface area contributed by atoms with Crippen LogP contribution < -0.4 is 5.32 Å². The molecule has 2 aromatic rings. The van der Waals surface area contributed by atoms with E-state index in [1.54, 1.807) is 0 Å². The molecule has 140 valence electrons. The van der Waals surface area contributed by atoms with Crippen molar-refractivity contribution >= 4 is 22.7 Å². The van der Waals surface area contributed by atoms with E-state index in [0.29, 0.717) is 19.5 Å². The summed E-state index contributed by atoms with van der Waals surface area (Å²) in [6.07, 6.45) is 6.24. The first-order valence-corrected chi connectivity index (χ1v) is 9.78. The Morgan fingerprint density at radius 3 is 2.92 bits per heavy atom. The minimum Gasteiger partial charge on any atom is -0.356 e. The van der Waals surface area contributed by atoms with Crippen molar-refractivity contribution < 1.29 is 9.59 Å². The van der Waals surface area contributed by atoms with Crippen molar-refractivity contribution in [2.24, 2.45) is 5.92 Å². The molecule has 2 heterocycles. The van der Waals surface area contributed by atoms with Crippen LogP contribution in [0.3, 0.4) is 0 Å². The fraction of sp³-hybridized carbons (Fsp3) is 0.524. The number of benzene rings is 1. The molecule has 2 amide bonds. The lowest BCUT2D eigenvalue weighted by molar-refractivity contribution is -0.135. The average Bonchev–Trinajstić information content (AvgIpc) is 3.08. The zero-order valence-electron chi connectivity index (χ0n) is 15.6. The van der Waals surface area contributed by atoms with E-state index in [2.05, 4.69) is 40.3 Å². The van der Waals surface area contributed by atoms with Crippen LogP contribution in [0.15, 0.2) is 36.5 Å². The molecule has 3 rings (SSSR count). The Kier molecular flexibility index (Phi) is 6.31. The molecule has 1 unspecified atom stereocenters. The van der Waals surface area contributed by atoms with Crippen LogP contribution in [0.1, 0.15) is 39.0 Å². The van der Waals surface area contributed by atoms with Gasteiger partial charge in [0.15, 0.2) is 0 Å². The number of para-hydroxylation sites is 1. The number of amides is 2. The summed E-state index contributed by atoms with van der Waals surface area (Å²) >= 11 is 0. The predicted octanol–water partition coefficient (Wildman–Crippen LogP) is 3.19. The predicted molar refractivity (Wildman–Crippen MR) is 104 cm³/mol. The lowest BCUT2D eigenvalue weighted by Gasteiger charge is -2.32. The van der Waals surface area contributed by atoms with Gasteiger partial charge in [0.1, 0.15) is 0 Å². The third kappa shape index (κ3) is 4.45. The molecular formula is C21H29N3O2. The number of nitrogens with zero attached hydrogens (tertiary/aromatic N) is 2. The summed E-state index contributed by atoms with van der Waals surface area (Å²) in [6, 6.07) is 10.5. The monoisotopic (exact) mass is 355 g/mol. The van der Waals surface area contributed by atoms with Crippen molar-refractivity contribution in [2.45, 2.75) is 45.6 Å². The minimum absolute atomic E-state index is 0.0584. The molecule has 1 aliphatic rings. The fourth-order valence-electron chi connectivity index (χ4n) is 3.73. The van der Waals surface area contributed by atoms with Crippen LogP contribution >= 0.6 is 0 Å². The van der Waals surface area contributed by atoms with Crippen LogP contribution in [0.5, 0.6) is 0 Å². The van der Waals surface area contributed by atoms with E-state index in [4.69, 9.17) is 0 Å². The molecule has 0 aliphatic carbocycles. The maximum Gasteiger partial charge on any atom is 0.224 e. The lowest BCUT2D eigenvalue weighted by Crippen LogP contribution is -2.45. The number of aromatic nitrogens is 1. The average molecular weight is 355 g/mol.